The van der Waals surface area contributed by atoms with Crippen molar-refractivity contribution < 1.29 is 14.0 Å². The number of hydrogen-bond donors (Lipinski definition) is 2. The summed E-state index contributed by atoms with van der Waals surface area (Å²) in [5.74, 6) is -1.12. The predicted molar refractivity (Wildman–Crippen MR) is 140 cm³/mol. The van der Waals surface area contributed by atoms with Crippen molar-refractivity contribution in [3.8, 4) is 0 Å². The smallest absolute Gasteiger partial charge is 0.262 e. The van der Waals surface area contributed by atoms with Crippen molar-refractivity contribution >= 4 is 28.9 Å². The molecule has 36 heavy (non-hydrogen) atoms. The van der Waals surface area contributed by atoms with E-state index in [0.29, 0.717) is 17.7 Å². The third kappa shape index (κ3) is 5.68. The van der Waals surface area contributed by atoms with Crippen LogP contribution in [0, 0.1) is 18.7 Å². The summed E-state index contributed by atoms with van der Waals surface area (Å²) in [6.45, 7) is 6.04. The largest absolute Gasteiger partial charge is 0.342 e. The van der Waals surface area contributed by atoms with Crippen LogP contribution in [0.2, 0.25) is 0 Å². The molecule has 1 aromatic heterocycles. The molecule has 4 aromatic rings. The Morgan fingerprint density at radius 1 is 1.00 bits per heavy atom. The minimum absolute atomic E-state index is 0.141. The molecule has 0 saturated carbocycles. The lowest BCUT2D eigenvalue weighted by molar-refractivity contribution is -0.123. The first-order valence-electron chi connectivity index (χ1n) is 11.8. The fraction of sp³-hybridized carbons (Fsp3) is 0.207. The highest BCUT2D eigenvalue weighted by molar-refractivity contribution is 6.00. The van der Waals surface area contributed by atoms with Crippen molar-refractivity contribution in [2.24, 2.45) is 11.0 Å². The number of nitrogens with one attached hydrogen (secondary N) is 2. The summed E-state index contributed by atoms with van der Waals surface area (Å²) in [4.78, 5) is 25.5. The normalized spacial score (nSPS) is 12.2. The predicted octanol–water partition coefficient (Wildman–Crippen LogP) is 5.04. The third-order valence-electron chi connectivity index (χ3n) is 6.05. The molecule has 6 nitrogen and oxygen atoms in total. The van der Waals surface area contributed by atoms with E-state index < -0.39 is 11.9 Å². The van der Waals surface area contributed by atoms with Gasteiger partial charge in [-0.3, -0.25) is 9.59 Å². The molecule has 0 aliphatic heterocycles. The molecule has 0 radical (unpaired) electrons. The van der Waals surface area contributed by atoms with Gasteiger partial charge in [0.2, 0.25) is 0 Å². The van der Waals surface area contributed by atoms with Crippen molar-refractivity contribution in [2.75, 3.05) is 0 Å². The van der Waals surface area contributed by atoms with Gasteiger partial charge >= 0.3 is 0 Å². The number of halogens is 1. The van der Waals surface area contributed by atoms with Gasteiger partial charge in [-0.15, -0.1) is 0 Å². The molecule has 0 spiro atoms. The van der Waals surface area contributed by atoms with Gasteiger partial charge in [0.15, 0.2) is 0 Å². The van der Waals surface area contributed by atoms with E-state index in [1.165, 1.54) is 6.07 Å². The summed E-state index contributed by atoms with van der Waals surface area (Å²) in [5.41, 5.74) is 6.40. The maximum Gasteiger partial charge on any atom is 0.262 e. The van der Waals surface area contributed by atoms with Gasteiger partial charge in [-0.25, -0.2) is 9.82 Å². The molecule has 1 atom stereocenters. The van der Waals surface area contributed by atoms with Crippen LogP contribution in [0.25, 0.3) is 10.9 Å². The van der Waals surface area contributed by atoms with E-state index >= 15 is 0 Å². The van der Waals surface area contributed by atoms with E-state index in [9.17, 15) is 14.0 Å². The average Bonchev–Trinajstić information content (AvgIpc) is 3.21. The fourth-order valence-corrected chi connectivity index (χ4v) is 4.02. The lowest BCUT2D eigenvalue weighted by Crippen LogP contribution is -2.48. The van der Waals surface area contributed by atoms with Crippen molar-refractivity contribution in [3.63, 3.8) is 0 Å². The maximum absolute atomic E-state index is 14.2. The topological polar surface area (TPSA) is 75.5 Å². The summed E-state index contributed by atoms with van der Waals surface area (Å²) in [7, 11) is 0. The zero-order chi connectivity index (χ0) is 25.7. The molecule has 184 valence electrons. The van der Waals surface area contributed by atoms with Crippen LogP contribution in [-0.4, -0.2) is 28.6 Å². The van der Waals surface area contributed by atoms with Gasteiger partial charge in [0.25, 0.3) is 11.8 Å². The molecule has 7 heteroatoms. The first-order valence-corrected chi connectivity index (χ1v) is 11.8. The molecule has 0 fully saturated rings. The van der Waals surface area contributed by atoms with Gasteiger partial charge in [-0.1, -0.05) is 67.9 Å². The van der Waals surface area contributed by atoms with Crippen LogP contribution in [0.5, 0.6) is 0 Å². The summed E-state index contributed by atoms with van der Waals surface area (Å²) >= 11 is 0. The molecular weight excluding hydrogens is 455 g/mol. The quantitative estimate of drug-likeness (QED) is 0.272. The Morgan fingerprint density at radius 3 is 2.42 bits per heavy atom. The molecule has 0 aliphatic carbocycles. The van der Waals surface area contributed by atoms with E-state index in [-0.39, 0.29) is 17.6 Å². The Morgan fingerprint density at radius 2 is 1.69 bits per heavy atom. The second-order valence-corrected chi connectivity index (χ2v) is 9.12. The Bertz CT molecular complexity index is 1410. The van der Waals surface area contributed by atoms with Crippen LogP contribution in [0.15, 0.2) is 84.1 Å². The Balaban J connectivity index is 1.49. The van der Waals surface area contributed by atoms with E-state index in [2.05, 4.69) is 15.8 Å². The monoisotopic (exact) mass is 484 g/mol. The van der Waals surface area contributed by atoms with E-state index in [4.69, 9.17) is 0 Å². The summed E-state index contributed by atoms with van der Waals surface area (Å²) in [6.07, 6.45) is 3.45. The first-order chi connectivity index (χ1) is 17.3. The number of para-hydroxylation sites is 1. The SMILES string of the molecule is Cc1ccc(C(=O)NC(C(=O)N/N=C\c2cn(Cc3ccccc3F)c3ccccc23)C(C)C)cc1. The standard InChI is InChI=1S/C29H29FN4O2/c1-19(2)27(32-28(35)21-14-12-20(3)13-15-21)29(36)33-31-16-23-18-34(26-11-7-5-9-24(23)26)17-22-8-4-6-10-25(22)30/h4-16,18-19,27H,17H2,1-3H3,(H,32,35)(H,33,36)/b31-16-. The zero-order valence-corrected chi connectivity index (χ0v) is 20.5. The van der Waals surface area contributed by atoms with Crippen molar-refractivity contribution in [2.45, 2.75) is 33.4 Å². The van der Waals surface area contributed by atoms with Gasteiger partial charge in [-0.05, 0) is 37.1 Å². The molecule has 3 aromatic carbocycles. The lowest BCUT2D eigenvalue weighted by Gasteiger charge is -2.20. The Labute approximate surface area is 209 Å². The summed E-state index contributed by atoms with van der Waals surface area (Å²) < 4.78 is 16.2. The Kier molecular flexibility index (Phi) is 7.59. The highest BCUT2D eigenvalue weighted by Gasteiger charge is 2.24. The maximum atomic E-state index is 14.2. The Hall–Kier alpha value is -4.26. The number of carbonyl (C=O) groups excluding carboxylic acids is 2. The second-order valence-electron chi connectivity index (χ2n) is 9.12. The van der Waals surface area contributed by atoms with Crippen LogP contribution in [-0.2, 0) is 11.3 Å². The van der Waals surface area contributed by atoms with Crippen LogP contribution < -0.4 is 10.7 Å². The number of benzene rings is 3. The summed E-state index contributed by atoms with van der Waals surface area (Å²) in [5, 5.41) is 7.89. The fourth-order valence-electron chi connectivity index (χ4n) is 4.02. The van der Waals surface area contributed by atoms with Gasteiger partial charge in [-0.2, -0.15) is 5.10 Å². The van der Waals surface area contributed by atoms with Crippen molar-refractivity contribution in [3.05, 3.63) is 107 Å². The highest BCUT2D eigenvalue weighted by Crippen LogP contribution is 2.22. The number of amides is 2. The van der Waals surface area contributed by atoms with Gasteiger partial charge in [0.05, 0.1) is 12.8 Å². The number of nitrogens with zero attached hydrogens (tertiary/aromatic N) is 2. The van der Waals surface area contributed by atoms with Crippen molar-refractivity contribution in [1.29, 1.82) is 0 Å². The number of aryl methyl sites for hydroxylation is 1. The van der Waals surface area contributed by atoms with Gasteiger partial charge < -0.3 is 9.88 Å². The number of hydrazone groups is 1. The molecule has 1 unspecified atom stereocenters. The molecule has 1 heterocycles. The zero-order valence-electron chi connectivity index (χ0n) is 20.5. The van der Waals surface area contributed by atoms with Crippen LogP contribution in [0.3, 0.4) is 0 Å². The average molecular weight is 485 g/mol. The molecule has 0 saturated heterocycles. The van der Waals surface area contributed by atoms with Crippen LogP contribution in [0.1, 0.15) is 40.9 Å². The van der Waals surface area contributed by atoms with E-state index in [1.807, 2.05) is 74.0 Å². The van der Waals surface area contributed by atoms with E-state index in [0.717, 1.165) is 22.0 Å². The first kappa shape index (κ1) is 24.9. The van der Waals surface area contributed by atoms with Crippen LogP contribution in [0.4, 0.5) is 4.39 Å². The van der Waals surface area contributed by atoms with Gasteiger partial charge in [0, 0.05) is 33.8 Å². The minimum atomic E-state index is -0.752. The molecule has 2 N–H and O–H groups in total. The second kappa shape index (κ2) is 11.0. The lowest BCUT2D eigenvalue weighted by atomic mass is 10.0. The highest BCUT2D eigenvalue weighted by atomic mass is 19.1. The van der Waals surface area contributed by atoms with Crippen LogP contribution >= 0.6 is 0 Å². The minimum Gasteiger partial charge on any atom is -0.342 e. The third-order valence-corrected chi connectivity index (χ3v) is 6.05. The number of fused-ring (bicyclic) bond motifs is 1. The molecule has 0 aliphatic rings. The van der Waals surface area contributed by atoms with Gasteiger partial charge in [0.1, 0.15) is 11.9 Å². The molecule has 4 rings (SSSR count). The number of hydrogen-bond acceptors (Lipinski definition) is 3. The summed E-state index contributed by atoms with van der Waals surface area (Å²) in [6, 6.07) is 20.9. The van der Waals surface area contributed by atoms with Crippen molar-refractivity contribution in [1.82, 2.24) is 15.3 Å². The molecular formula is C29H29FN4O2. The number of aromatic nitrogens is 1. The number of rotatable bonds is 8. The van der Waals surface area contributed by atoms with E-state index in [1.54, 1.807) is 30.5 Å². The molecule has 0 bridgehead atoms. The number of carbonyl (C=O) groups is 2. The molecule has 2 amide bonds.